The van der Waals surface area contributed by atoms with E-state index in [2.05, 4.69) is 38.2 Å². The van der Waals surface area contributed by atoms with Gasteiger partial charge in [-0.25, -0.2) is 8.42 Å². The summed E-state index contributed by atoms with van der Waals surface area (Å²) in [5.41, 5.74) is 3.49. The Morgan fingerprint density at radius 3 is 2.03 bits per heavy atom. The lowest BCUT2D eigenvalue weighted by atomic mass is 9.86. The van der Waals surface area contributed by atoms with Crippen LogP contribution in [0.1, 0.15) is 50.4 Å². The molecule has 0 heterocycles. The summed E-state index contributed by atoms with van der Waals surface area (Å²) in [4.78, 5) is 13.1. The molecular formula is C27H31ClN2O3S. The molecule has 3 aromatic rings. The number of halogens is 1. The lowest BCUT2D eigenvalue weighted by Crippen LogP contribution is -2.41. The third-order valence-electron chi connectivity index (χ3n) is 5.67. The molecule has 3 aromatic carbocycles. The molecule has 1 atom stereocenters. The highest BCUT2D eigenvalue weighted by Crippen LogP contribution is 2.26. The molecule has 1 unspecified atom stereocenters. The lowest BCUT2D eigenvalue weighted by Gasteiger charge is -2.25. The SMILES string of the molecule is Cc1ccc(S(=O)(=O)N(CC(=O)NC(C)c2ccc(C(C)(C)C)cc2)c2ccc(Cl)cc2)cc1. The van der Waals surface area contributed by atoms with Gasteiger partial charge >= 0.3 is 0 Å². The molecule has 1 amide bonds. The lowest BCUT2D eigenvalue weighted by molar-refractivity contribution is -0.120. The molecule has 0 saturated heterocycles. The van der Waals surface area contributed by atoms with Crippen LogP contribution in [-0.4, -0.2) is 20.9 Å². The first-order valence-corrected chi connectivity index (χ1v) is 12.9. The number of benzene rings is 3. The van der Waals surface area contributed by atoms with E-state index in [-0.39, 0.29) is 22.9 Å². The summed E-state index contributed by atoms with van der Waals surface area (Å²) >= 11 is 6.00. The Morgan fingerprint density at radius 1 is 0.941 bits per heavy atom. The Balaban J connectivity index is 1.84. The predicted molar refractivity (Wildman–Crippen MR) is 139 cm³/mol. The number of hydrogen-bond donors (Lipinski definition) is 1. The minimum absolute atomic E-state index is 0.0361. The van der Waals surface area contributed by atoms with Crippen LogP contribution in [0, 0.1) is 6.92 Å². The van der Waals surface area contributed by atoms with E-state index in [1.54, 1.807) is 48.5 Å². The quantitative estimate of drug-likeness (QED) is 0.433. The second kappa shape index (κ2) is 10.2. The molecule has 0 saturated carbocycles. The Labute approximate surface area is 207 Å². The average Bonchev–Trinajstić information content (AvgIpc) is 2.78. The van der Waals surface area contributed by atoms with E-state index >= 15 is 0 Å². The van der Waals surface area contributed by atoms with Gasteiger partial charge < -0.3 is 5.32 Å². The van der Waals surface area contributed by atoms with E-state index in [0.717, 1.165) is 15.4 Å². The van der Waals surface area contributed by atoms with E-state index in [9.17, 15) is 13.2 Å². The van der Waals surface area contributed by atoms with Crippen molar-refractivity contribution in [1.82, 2.24) is 5.32 Å². The molecule has 0 radical (unpaired) electrons. The van der Waals surface area contributed by atoms with E-state index in [1.807, 2.05) is 26.0 Å². The Hall–Kier alpha value is -2.83. The van der Waals surface area contributed by atoms with Gasteiger partial charge in [-0.2, -0.15) is 0 Å². The van der Waals surface area contributed by atoms with Gasteiger partial charge in [-0.05, 0) is 66.8 Å². The molecule has 1 N–H and O–H groups in total. The molecule has 0 fully saturated rings. The first kappa shape index (κ1) is 25.8. The summed E-state index contributed by atoms with van der Waals surface area (Å²) in [5, 5.41) is 3.41. The standard InChI is InChI=1S/C27H31ClN2O3S/c1-19-6-16-25(17-7-19)34(32,33)30(24-14-12-23(28)13-15-24)18-26(31)29-20(2)21-8-10-22(11-9-21)27(3,4)5/h6-17,20H,18H2,1-5H3,(H,29,31). The van der Waals surface area contributed by atoms with Gasteiger partial charge in [-0.15, -0.1) is 0 Å². The van der Waals surface area contributed by atoms with Gasteiger partial charge in [0.05, 0.1) is 16.6 Å². The number of aryl methyl sites for hydroxylation is 1. The number of amides is 1. The van der Waals surface area contributed by atoms with Crippen LogP contribution in [0.4, 0.5) is 5.69 Å². The fourth-order valence-electron chi connectivity index (χ4n) is 3.53. The summed E-state index contributed by atoms with van der Waals surface area (Å²) in [6.07, 6.45) is 0. The summed E-state index contributed by atoms with van der Waals surface area (Å²) < 4.78 is 28.0. The van der Waals surface area contributed by atoms with Crippen molar-refractivity contribution >= 4 is 33.2 Å². The van der Waals surface area contributed by atoms with Crippen LogP contribution in [0.3, 0.4) is 0 Å². The Morgan fingerprint density at radius 2 is 1.50 bits per heavy atom. The highest BCUT2D eigenvalue weighted by Gasteiger charge is 2.28. The first-order chi connectivity index (χ1) is 15.9. The molecule has 3 rings (SSSR count). The first-order valence-electron chi connectivity index (χ1n) is 11.1. The van der Waals surface area contributed by atoms with Crippen molar-refractivity contribution in [2.24, 2.45) is 0 Å². The van der Waals surface area contributed by atoms with Crippen molar-refractivity contribution in [3.8, 4) is 0 Å². The molecule has 7 heteroatoms. The van der Waals surface area contributed by atoms with Crippen LogP contribution < -0.4 is 9.62 Å². The number of hydrogen-bond acceptors (Lipinski definition) is 3. The summed E-state index contributed by atoms with van der Waals surface area (Å²) in [7, 11) is -3.97. The van der Waals surface area contributed by atoms with Crippen LogP contribution in [0.5, 0.6) is 0 Å². The third-order valence-corrected chi connectivity index (χ3v) is 7.71. The van der Waals surface area contributed by atoms with Gasteiger partial charge in [0.25, 0.3) is 10.0 Å². The van der Waals surface area contributed by atoms with E-state index in [1.165, 1.54) is 5.56 Å². The van der Waals surface area contributed by atoms with Gasteiger partial charge in [0, 0.05) is 5.02 Å². The van der Waals surface area contributed by atoms with Crippen LogP contribution in [0.2, 0.25) is 5.02 Å². The van der Waals surface area contributed by atoms with Gasteiger partial charge in [0.2, 0.25) is 5.91 Å². The fraction of sp³-hybridized carbons (Fsp3) is 0.296. The van der Waals surface area contributed by atoms with Crippen LogP contribution >= 0.6 is 11.6 Å². The number of rotatable bonds is 7. The minimum Gasteiger partial charge on any atom is -0.348 e. The van der Waals surface area contributed by atoms with Crippen LogP contribution in [-0.2, 0) is 20.2 Å². The summed E-state index contributed by atoms with van der Waals surface area (Å²) in [6.45, 7) is 9.84. The average molecular weight is 499 g/mol. The fourth-order valence-corrected chi connectivity index (χ4v) is 5.08. The number of carbonyl (C=O) groups is 1. The molecule has 0 aliphatic heterocycles. The Kier molecular flexibility index (Phi) is 7.74. The number of nitrogens with one attached hydrogen (secondary N) is 1. The second-order valence-electron chi connectivity index (χ2n) is 9.46. The summed E-state index contributed by atoms with van der Waals surface area (Å²) in [6, 6.07) is 20.8. The molecule has 0 aliphatic carbocycles. The zero-order valence-electron chi connectivity index (χ0n) is 20.2. The van der Waals surface area contributed by atoms with Gasteiger partial charge in [0.1, 0.15) is 6.54 Å². The molecule has 0 spiro atoms. The van der Waals surface area contributed by atoms with Crippen molar-refractivity contribution in [1.29, 1.82) is 0 Å². The monoisotopic (exact) mass is 498 g/mol. The normalized spacial score (nSPS) is 12.8. The van der Waals surface area contributed by atoms with E-state index in [4.69, 9.17) is 11.6 Å². The van der Waals surface area contributed by atoms with Gasteiger partial charge in [-0.1, -0.05) is 74.3 Å². The van der Waals surface area contributed by atoms with Gasteiger partial charge in [0.15, 0.2) is 0 Å². The van der Waals surface area contributed by atoms with Crippen molar-refractivity contribution < 1.29 is 13.2 Å². The van der Waals surface area contributed by atoms with Crippen LogP contribution in [0.15, 0.2) is 77.7 Å². The van der Waals surface area contributed by atoms with Crippen molar-refractivity contribution in [2.75, 3.05) is 10.8 Å². The number of nitrogens with zero attached hydrogens (tertiary/aromatic N) is 1. The smallest absolute Gasteiger partial charge is 0.264 e. The predicted octanol–water partition coefficient (Wildman–Crippen LogP) is 6.02. The maximum atomic E-state index is 13.5. The summed E-state index contributed by atoms with van der Waals surface area (Å²) in [5.74, 6) is -0.405. The molecule has 0 bridgehead atoms. The maximum absolute atomic E-state index is 13.5. The van der Waals surface area contributed by atoms with Crippen molar-refractivity contribution in [3.63, 3.8) is 0 Å². The molecule has 180 valence electrons. The van der Waals surface area contributed by atoms with Crippen LogP contribution in [0.25, 0.3) is 0 Å². The molecule has 34 heavy (non-hydrogen) atoms. The zero-order chi connectivity index (χ0) is 25.1. The number of sulfonamides is 1. The second-order valence-corrected chi connectivity index (χ2v) is 11.8. The number of anilines is 1. The van der Waals surface area contributed by atoms with E-state index < -0.39 is 15.9 Å². The van der Waals surface area contributed by atoms with Gasteiger partial charge in [-0.3, -0.25) is 9.10 Å². The zero-order valence-corrected chi connectivity index (χ0v) is 21.7. The maximum Gasteiger partial charge on any atom is 0.264 e. The molecular weight excluding hydrogens is 468 g/mol. The minimum atomic E-state index is -3.97. The molecule has 0 aromatic heterocycles. The number of carbonyl (C=O) groups excluding carboxylic acids is 1. The Bertz CT molecular complexity index is 1230. The highest BCUT2D eigenvalue weighted by atomic mass is 35.5. The van der Waals surface area contributed by atoms with Crippen molar-refractivity contribution in [2.45, 2.75) is 51.0 Å². The topological polar surface area (TPSA) is 66.5 Å². The molecule has 5 nitrogen and oxygen atoms in total. The third kappa shape index (κ3) is 6.19. The highest BCUT2D eigenvalue weighted by molar-refractivity contribution is 7.92. The van der Waals surface area contributed by atoms with Crippen molar-refractivity contribution in [3.05, 3.63) is 94.5 Å². The largest absolute Gasteiger partial charge is 0.348 e. The molecule has 0 aliphatic rings. The van der Waals surface area contributed by atoms with E-state index in [0.29, 0.717) is 10.7 Å².